The average Bonchev–Trinajstić information content (AvgIpc) is 2.05. The molecule has 0 bridgehead atoms. The minimum absolute atomic E-state index is 0.497. The second-order valence-corrected chi connectivity index (χ2v) is 3.51. The molecule has 1 saturated heterocycles. The van der Waals surface area contributed by atoms with E-state index >= 15 is 0 Å². The van der Waals surface area contributed by atoms with Gasteiger partial charge >= 0.3 is 5.92 Å². The number of hydrogen-bond donors (Lipinski definition) is 0. The number of rotatable bonds is 3. The zero-order valence-corrected chi connectivity index (χ0v) is 7.82. The molecule has 5 heteroatoms. The fourth-order valence-corrected chi connectivity index (χ4v) is 1.41. The molecule has 0 N–H and O–H groups in total. The highest BCUT2D eigenvalue weighted by Crippen LogP contribution is 2.28. The van der Waals surface area contributed by atoms with Crippen LogP contribution in [0.3, 0.4) is 0 Å². The number of ether oxygens (including phenoxy) is 1. The van der Waals surface area contributed by atoms with Crippen LogP contribution in [0.2, 0.25) is 0 Å². The summed E-state index contributed by atoms with van der Waals surface area (Å²) >= 11 is 4.74. The Bertz CT molecular complexity index is 191. The highest BCUT2D eigenvalue weighted by Gasteiger charge is 2.40. The summed E-state index contributed by atoms with van der Waals surface area (Å²) in [4.78, 5) is 10.3. The van der Waals surface area contributed by atoms with Crippen LogP contribution in [0, 0.1) is 0 Å². The molecule has 0 spiro atoms. The van der Waals surface area contributed by atoms with Crippen molar-refractivity contribution in [3.05, 3.63) is 0 Å². The first-order chi connectivity index (χ1) is 6.02. The van der Waals surface area contributed by atoms with Gasteiger partial charge in [0.25, 0.3) is 5.24 Å². The molecular weight excluding hydrogens is 202 g/mol. The van der Waals surface area contributed by atoms with E-state index in [2.05, 4.69) is 0 Å². The summed E-state index contributed by atoms with van der Waals surface area (Å²) in [6, 6.07) is 0. The molecule has 0 saturated carbocycles. The number of hydrogen-bond acceptors (Lipinski definition) is 2. The lowest BCUT2D eigenvalue weighted by molar-refractivity contribution is -0.141. The third-order valence-corrected chi connectivity index (χ3v) is 2.32. The first-order valence-electron chi connectivity index (χ1n) is 4.22. The van der Waals surface area contributed by atoms with Crippen LogP contribution < -0.4 is 0 Å². The van der Waals surface area contributed by atoms with Crippen molar-refractivity contribution in [2.45, 2.75) is 37.7 Å². The van der Waals surface area contributed by atoms with Gasteiger partial charge in [0.1, 0.15) is 0 Å². The molecule has 0 aliphatic carbocycles. The van der Waals surface area contributed by atoms with Crippen LogP contribution >= 0.6 is 11.6 Å². The van der Waals surface area contributed by atoms with E-state index < -0.39 is 23.7 Å². The fourth-order valence-electron chi connectivity index (χ4n) is 1.33. The molecule has 0 radical (unpaired) electrons. The van der Waals surface area contributed by atoms with Crippen LogP contribution in [0.15, 0.2) is 0 Å². The van der Waals surface area contributed by atoms with Gasteiger partial charge in [0, 0.05) is 13.0 Å². The summed E-state index contributed by atoms with van der Waals surface area (Å²) in [5.41, 5.74) is 0. The molecule has 1 aliphatic heterocycles. The Morgan fingerprint density at radius 3 is 2.69 bits per heavy atom. The Morgan fingerprint density at radius 1 is 1.54 bits per heavy atom. The zero-order valence-electron chi connectivity index (χ0n) is 7.06. The maximum atomic E-state index is 12.8. The molecule has 0 aromatic carbocycles. The Balaban J connectivity index is 2.41. The van der Waals surface area contributed by atoms with Gasteiger partial charge in [-0.05, 0) is 30.9 Å². The summed E-state index contributed by atoms with van der Waals surface area (Å²) in [6.45, 7) is 0.497. The third-order valence-electron chi connectivity index (χ3n) is 2.05. The molecule has 1 unspecified atom stereocenters. The zero-order chi connectivity index (χ0) is 9.90. The fraction of sp³-hybridized carbons (Fsp3) is 0.875. The molecule has 1 rings (SSSR count). The van der Waals surface area contributed by atoms with Crippen LogP contribution in [-0.2, 0) is 9.53 Å². The topological polar surface area (TPSA) is 26.3 Å². The first kappa shape index (κ1) is 10.9. The van der Waals surface area contributed by atoms with Crippen molar-refractivity contribution >= 4 is 16.8 Å². The minimum atomic E-state index is -3.44. The van der Waals surface area contributed by atoms with Crippen molar-refractivity contribution in [1.82, 2.24) is 0 Å². The van der Waals surface area contributed by atoms with E-state index in [1.807, 2.05) is 0 Å². The molecule has 1 heterocycles. The molecule has 76 valence electrons. The van der Waals surface area contributed by atoms with E-state index in [9.17, 15) is 13.6 Å². The highest BCUT2D eigenvalue weighted by molar-refractivity contribution is 6.65. The van der Waals surface area contributed by atoms with Crippen molar-refractivity contribution < 1.29 is 18.3 Å². The van der Waals surface area contributed by atoms with Gasteiger partial charge in [-0.15, -0.1) is 0 Å². The van der Waals surface area contributed by atoms with Gasteiger partial charge in [-0.3, -0.25) is 4.79 Å². The molecule has 2 nitrogen and oxygen atoms in total. The molecule has 13 heavy (non-hydrogen) atoms. The molecule has 1 fully saturated rings. The van der Waals surface area contributed by atoms with Crippen molar-refractivity contribution in [1.29, 1.82) is 0 Å². The van der Waals surface area contributed by atoms with Gasteiger partial charge in [-0.2, -0.15) is 8.78 Å². The molecule has 0 aromatic rings. The molecule has 0 aromatic heterocycles. The maximum Gasteiger partial charge on any atom is 0.322 e. The normalized spacial score (nSPS) is 24.4. The van der Waals surface area contributed by atoms with Crippen molar-refractivity contribution in [2.75, 3.05) is 6.61 Å². The Hall–Kier alpha value is -0.220. The predicted octanol–water partition coefficient (Wildman–Crippen LogP) is 2.35. The first-order valence-corrected chi connectivity index (χ1v) is 4.59. The van der Waals surface area contributed by atoms with E-state index in [0.717, 1.165) is 12.8 Å². The number of carbonyl (C=O) groups is 1. The quantitative estimate of drug-likeness (QED) is 0.672. The second-order valence-electron chi connectivity index (χ2n) is 3.17. The smallest absolute Gasteiger partial charge is 0.322 e. The molecule has 1 atom stereocenters. The van der Waals surface area contributed by atoms with E-state index in [1.165, 1.54) is 0 Å². The van der Waals surface area contributed by atoms with Gasteiger partial charge < -0.3 is 4.74 Å². The van der Waals surface area contributed by atoms with E-state index in [-0.39, 0.29) is 0 Å². The lowest BCUT2D eigenvalue weighted by Gasteiger charge is -2.24. The highest BCUT2D eigenvalue weighted by atomic mass is 35.5. The average molecular weight is 213 g/mol. The number of alkyl halides is 2. The van der Waals surface area contributed by atoms with Crippen LogP contribution in [0.25, 0.3) is 0 Å². The summed E-state index contributed by atoms with van der Waals surface area (Å²) in [6.07, 6.45) is 1.25. The van der Waals surface area contributed by atoms with Crippen molar-refractivity contribution in [3.63, 3.8) is 0 Å². The molecular formula is C8H11ClF2O2. The second kappa shape index (κ2) is 4.33. The third kappa shape index (κ3) is 3.19. The lowest BCUT2D eigenvalue weighted by Crippen LogP contribution is -2.32. The number of carbonyl (C=O) groups excluding carboxylic acids is 1. The molecule has 1 aliphatic rings. The van der Waals surface area contributed by atoms with E-state index in [1.54, 1.807) is 0 Å². The SMILES string of the molecule is O=C(Cl)C(F)(F)CC1CCCCO1. The van der Waals surface area contributed by atoms with Gasteiger partial charge in [0.05, 0.1) is 6.10 Å². The standard InChI is InChI=1S/C8H11ClF2O2/c9-7(12)8(10,11)5-6-3-1-2-4-13-6/h6H,1-5H2. The summed E-state index contributed by atoms with van der Waals surface area (Å²) in [7, 11) is 0. The van der Waals surface area contributed by atoms with Crippen LogP contribution in [0.5, 0.6) is 0 Å². The lowest BCUT2D eigenvalue weighted by atomic mass is 10.0. The molecule has 0 amide bonds. The van der Waals surface area contributed by atoms with E-state index in [0.29, 0.717) is 13.0 Å². The maximum absolute atomic E-state index is 12.8. The van der Waals surface area contributed by atoms with Crippen LogP contribution in [0.1, 0.15) is 25.7 Å². The number of halogens is 3. The Morgan fingerprint density at radius 2 is 2.23 bits per heavy atom. The summed E-state index contributed by atoms with van der Waals surface area (Å²) in [5, 5.41) is -1.60. The Labute approximate surface area is 80.2 Å². The summed E-state index contributed by atoms with van der Waals surface area (Å²) < 4.78 is 30.6. The van der Waals surface area contributed by atoms with Gasteiger partial charge in [0.15, 0.2) is 0 Å². The monoisotopic (exact) mass is 212 g/mol. The summed E-state index contributed by atoms with van der Waals surface area (Å²) in [5.74, 6) is -3.44. The van der Waals surface area contributed by atoms with Crippen LogP contribution in [0.4, 0.5) is 8.78 Å². The largest absolute Gasteiger partial charge is 0.378 e. The van der Waals surface area contributed by atoms with Crippen LogP contribution in [-0.4, -0.2) is 23.9 Å². The van der Waals surface area contributed by atoms with Gasteiger partial charge in [-0.25, -0.2) is 0 Å². The van der Waals surface area contributed by atoms with E-state index in [4.69, 9.17) is 16.3 Å². The van der Waals surface area contributed by atoms with Gasteiger partial charge in [0.2, 0.25) is 0 Å². The predicted molar refractivity (Wildman–Crippen MR) is 44.0 cm³/mol. The van der Waals surface area contributed by atoms with Gasteiger partial charge in [-0.1, -0.05) is 0 Å². The minimum Gasteiger partial charge on any atom is -0.378 e. The van der Waals surface area contributed by atoms with Crippen molar-refractivity contribution in [3.8, 4) is 0 Å². The Kier molecular flexibility index (Phi) is 3.62. The van der Waals surface area contributed by atoms with Crippen molar-refractivity contribution in [2.24, 2.45) is 0 Å².